The van der Waals surface area contributed by atoms with Gasteiger partial charge >= 0.3 is 6.09 Å². The summed E-state index contributed by atoms with van der Waals surface area (Å²) in [7, 11) is 0. The van der Waals surface area contributed by atoms with E-state index >= 15 is 0 Å². The number of benzene rings is 3. The molecule has 0 aromatic heterocycles. The number of carbonyl (C=O) groups excluding carboxylic acids is 2. The molecule has 0 aliphatic carbocycles. The minimum Gasteiger partial charge on any atom is -0.447 e. The number of imide groups is 1. The van der Waals surface area contributed by atoms with Crippen molar-refractivity contribution in [3.8, 4) is 11.1 Å². The number of carbonyl (C=O) groups is 2. The molecule has 2 amide bonds. The van der Waals surface area contributed by atoms with Crippen LogP contribution < -0.4 is 0 Å². The molecule has 0 spiro atoms. The first-order valence-corrected chi connectivity index (χ1v) is 11.3. The van der Waals surface area contributed by atoms with Gasteiger partial charge in [-0.15, -0.1) is 0 Å². The van der Waals surface area contributed by atoms with Gasteiger partial charge in [-0.25, -0.2) is 9.69 Å². The standard InChI is InChI=1S/C28H29NO3/c1-21-10-5-7-16-26(21)24-15-9-14-22(18-24)13-6-8-17-27(30)29-25(20-32-28(29)31)19-23-11-3-2-4-12-23/h2-5,7,9-12,14-16,18,25H,6,8,13,17,19-20H2,1H3/t25-/m0/s1. The minimum atomic E-state index is -0.512. The predicted molar refractivity (Wildman–Crippen MR) is 126 cm³/mol. The van der Waals surface area contributed by atoms with Gasteiger partial charge in [-0.2, -0.15) is 0 Å². The molecule has 164 valence electrons. The number of unbranched alkanes of at least 4 members (excludes halogenated alkanes) is 1. The monoisotopic (exact) mass is 427 g/mol. The number of hydrogen-bond acceptors (Lipinski definition) is 3. The topological polar surface area (TPSA) is 46.6 Å². The molecule has 3 aromatic rings. The Morgan fingerprint density at radius 2 is 1.69 bits per heavy atom. The third-order valence-corrected chi connectivity index (χ3v) is 6.03. The second-order valence-electron chi connectivity index (χ2n) is 8.41. The molecule has 1 fully saturated rings. The molecule has 4 rings (SSSR count). The molecule has 1 heterocycles. The Kier molecular flexibility index (Phi) is 7.00. The molecule has 0 saturated carbocycles. The summed E-state index contributed by atoms with van der Waals surface area (Å²) in [4.78, 5) is 26.2. The van der Waals surface area contributed by atoms with Crippen molar-refractivity contribution in [2.24, 2.45) is 0 Å². The fourth-order valence-electron chi connectivity index (χ4n) is 4.32. The van der Waals surface area contributed by atoms with Gasteiger partial charge in [0, 0.05) is 6.42 Å². The summed E-state index contributed by atoms with van der Waals surface area (Å²) in [6.07, 6.45) is 3.03. The summed E-state index contributed by atoms with van der Waals surface area (Å²) in [5.41, 5.74) is 6.10. The third kappa shape index (κ3) is 5.25. The van der Waals surface area contributed by atoms with Crippen molar-refractivity contribution in [2.75, 3.05) is 6.61 Å². The van der Waals surface area contributed by atoms with E-state index < -0.39 is 6.09 Å². The van der Waals surface area contributed by atoms with Crippen molar-refractivity contribution >= 4 is 12.0 Å². The van der Waals surface area contributed by atoms with E-state index in [4.69, 9.17) is 4.74 Å². The van der Waals surface area contributed by atoms with Crippen LogP contribution in [0.5, 0.6) is 0 Å². The van der Waals surface area contributed by atoms with Crippen LogP contribution >= 0.6 is 0 Å². The summed E-state index contributed by atoms with van der Waals surface area (Å²) < 4.78 is 5.18. The summed E-state index contributed by atoms with van der Waals surface area (Å²) in [5.74, 6) is -0.137. The summed E-state index contributed by atoms with van der Waals surface area (Å²) >= 11 is 0. The summed E-state index contributed by atoms with van der Waals surface area (Å²) in [6.45, 7) is 2.40. The Balaban J connectivity index is 1.30. The van der Waals surface area contributed by atoms with E-state index in [1.165, 1.54) is 27.2 Å². The van der Waals surface area contributed by atoms with Crippen LogP contribution in [0.2, 0.25) is 0 Å². The van der Waals surface area contributed by atoms with Gasteiger partial charge in [-0.05, 0) is 60.4 Å². The van der Waals surface area contributed by atoms with Gasteiger partial charge in [0.25, 0.3) is 0 Å². The highest BCUT2D eigenvalue weighted by atomic mass is 16.6. The maximum Gasteiger partial charge on any atom is 0.416 e. The second-order valence-corrected chi connectivity index (χ2v) is 8.41. The van der Waals surface area contributed by atoms with E-state index in [1.54, 1.807) is 0 Å². The number of hydrogen-bond donors (Lipinski definition) is 0. The Morgan fingerprint density at radius 1 is 0.938 bits per heavy atom. The van der Waals surface area contributed by atoms with Crippen LogP contribution in [-0.2, 0) is 22.4 Å². The molecule has 32 heavy (non-hydrogen) atoms. The Labute approximate surface area is 189 Å². The highest BCUT2D eigenvalue weighted by molar-refractivity contribution is 5.93. The highest BCUT2D eigenvalue weighted by Gasteiger charge is 2.37. The summed E-state index contributed by atoms with van der Waals surface area (Å²) in [5, 5.41) is 0. The lowest BCUT2D eigenvalue weighted by Crippen LogP contribution is -2.40. The fourth-order valence-corrected chi connectivity index (χ4v) is 4.32. The Bertz CT molecular complexity index is 1080. The van der Waals surface area contributed by atoms with Crippen molar-refractivity contribution in [1.29, 1.82) is 0 Å². The minimum absolute atomic E-state index is 0.137. The van der Waals surface area contributed by atoms with Gasteiger partial charge in [0.05, 0.1) is 6.04 Å². The molecule has 1 aliphatic rings. The predicted octanol–water partition coefficient (Wildman–Crippen LogP) is 5.96. The first-order chi connectivity index (χ1) is 15.6. The van der Waals surface area contributed by atoms with Crippen LogP contribution in [0, 0.1) is 6.92 Å². The Hall–Kier alpha value is -3.40. The number of aryl methyl sites for hydroxylation is 2. The number of ether oxygens (including phenoxy) is 1. The van der Waals surface area contributed by atoms with Gasteiger partial charge < -0.3 is 4.74 Å². The van der Waals surface area contributed by atoms with Gasteiger partial charge in [0.1, 0.15) is 6.61 Å². The molecule has 0 bridgehead atoms. The van der Waals surface area contributed by atoms with Gasteiger partial charge in [-0.1, -0.05) is 78.9 Å². The molecular weight excluding hydrogens is 398 g/mol. The van der Waals surface area contributed by atoms with Crippen molar-refractivity contribution < 1.29 is 14.3 Å². The molecule has 1 atom stereocenters. The van der Waals surface area contributed by atoms with E-state index in [1.807, 2.05) is 30.3 Å². The van der Waals surface area contributed by atoms with Crippen molar-refractivity contribution in [3.63, 3.8) is 0 Å². The van der Waals surface area contributed by atoms with Gasteiger partial charge in [0.15, 0.2) is 0 Å². The number of nitrogens with zero attached hydrogens (tertiary/aromatic N) is 1. The van der Waals surface area contributed by atoms with E-state index in [-0.39, 0.29) is 18.6 Å². The average molecular weight is 428 g/mol. The van der Waals surface area contributed by atoms with Crippen molar-refractivity contribution in [3.05, 3.63) is 95.6 Å². The van der Waals surface area contributed by atoms with Gasteiger partial charge in [0.2, 0.25) is 5.91 Å². The molecule has 1 aliphatic heterocycles. The van der Waals surface area contributed by atoms with Crippen molar-refractivity contribution in [2.45, 2.75) is 45.1 Å². The second kappa shape index (κ2) is 10.3. The lowest BCUT2D eigenvalue weighted by atomic mass is 9.97. The molecule has 4 nitrogen and oxygen atoms in total. The molecule has 4 heteroatoms. The number of rotatable bonds is 8. The highest BCUT2D eigenvalue weighted by Crippen LogP contribution is 2.25. The first kappa shape index (κ1) is 21.8. The van der Waals surface area contributed by atoms with Crippen LogP contribution in [0.3, 0.4) is 0 Å². The number of cyclic esters (lactones) is 1. The smallest absolute Gasteiger partial charge is 0.416 e. The van der Waals surface area contributed by atoms with Gasteiger partial charge in [-0.3, -0.25) is 4.79 Å². The van der Waals surface area contributed by atoms with E-state index in [0.29, 0.717) is 12.8 Å². The lowest BCUT2D eigenvalue weighted by Gasteiger charge is -2.19. The fraction of sp³-hybridized carbons (Fsp3) is 0.286. The van der Waals surface area contributed by atoms with E-state index in [0.717, 1.165) is 24.8 Å². The lowest BCUT2D eigenvalue weighted by molar-refractivity contribution is -0.129. The molecule has 0 N–H and O–H groups in total. The van der Waals surface area contributed by atoms with Crippen LogP contribution in [-0.4, -0.2) is 29.5 Å². The molecule has 0 unspecified atom stereocenters. The third-order valence-electron chi connectivity index (χ3n) is 6.03. The quantitative estimate of drug-likeness (QED) is 0.416. The van der Waals surface area contributed by atoms with E-state index in [9.17, 15) is 9.59 Å². The molecule has 3 aromatic carbocycles. The Morgan fingerprint density at radius 3 is 2.50 bits per heavy atom. The normalized spacial score (nSPS) is 15.6. The zero-order valence-electron chi connectivity index (χ0n) is 18.5. The molecule has 1 saturated heterocycles. The largest absolute Gasteiger partial charge is 0.447 e. The average Bonchev–Trinajstić information content (AvgIpc) is 3.17. The summed E-state index contributed by atoms with van der Waals surface area (Å²) in [6, 6.07) is 26.7. The molecule has 0 radical (unpaired) electrons. The number of amides is 2. The van der Waals surface area contributed by atoms with Crippen LogP contribution in [0.4, 0.5) is 4.79 Å². The van der Waals surface area contributed by atoms with Crippen molar-refractivity contribution in [1.82, 2.24) is 4.90 Å². The molecular formula is C28H29NO3. The van der Waals surface area contributed by atoms with E-state index in [2.05, 4.69) is 55.5 Å². The zero-order chi connectivity index (χ0) is 22.3. The zero-order valence-corrected chi connectivity index (χ0v) is 18.5. The van der Waals surface area contributed by atoms with Crippen LogP contribution in [0.1, 0.15) is 36.0 Å². The SMILES string of the molecule is Cc1ccccc1-c1cccc(CCCCC(=O)N2C(=O)OC[C@@H]2Cc2ccccc2)c1. The maximum atomic E-state index is 12.8. The van der Waals surface area contributed by atoms with Crippen LogP contribution in [0.15, 0.2) is 78.9 Å². The maximum absolute atomic E-state index is 12.8. The van der Waals surface area contributed by atoms with Crippen LogP contribution in [0.25, 0.3) is 11.1 Å². The first-order valence-electron chi connectivity index (χ1n) is 11.3.